The number of carbonyl (C=O) groups excluding carboxylic acids is 3. The summed E-state index contributed by atoms with van der Waals surface area (Å²) in [6.45, 7) is -1.50. The van der Waals surface area contributed by atoms with Crippen molar-refractivity contribution in [3.8, 4) is 0 Å². The maximum atomic E-state index is 8.25. The van der Waals surface area contributed by atoms with Gasteiger partial charge in [0.15, 0.2) is 0 Å². The molecule has 0 spiro atoms. The topological polar surface area (TPSA) is 148 Å². The van der Waals surface area contributed by atoms with Gasteiger partial charge in [-0.2, -0.15) is 0 Å². The summed E-state index contributed by atoms with van der Waals surface area (Å²) in [6.07, 6.45) is 0. The maximum Gasteiger partial charge on any atom is 2.00 e. The van der Waals surface area contributed by atoms with E-state index >= 15 is 0 Å². The molecule has 0 atom stereocenters. The molecule has 0 aromatic heterocycles. The van der Waals surface area contributed by atoms with Gasteiger partial charge >= 0.3 is 19.5 Å². The average Bonchev–Trinajstić information content (AvgIpc) is 1.96. The Bertz CT molecular complexity index is 56.3. The van der Waals surface area contributed by atoms with Gasteiger partial charge in [0.05, 0.1) is 7.05 Å². The van der Waals surface area contributed by atoms with E-state index in [9.17, 15) is 0 Å². The molecule has 7 nitrogen and oxygen atoms in total. The van der Waals surface area contributed by atoms with Gasteiger partial charge in [-0.15, -0.1) is 0 Å². The molecule has 0 heterocycles. The molecular weight excluding hydrogens is 223 g/mol. The first kappa shape index (κ1) is 30.6. The zero-order valence-corrected chi connectivity index (χ0v) is 9.56. The van der Waals surface area contributed by atoms with Gasteiger partial charge in [0.2, 0.25) is 0 Å². The second-order valence-electron chi connectivity index (χ2n) is 0.289. The summed E-state index contributed by atoms with van der Waals surface area (Å²) in [5.74, 6) is 0. The summed E-state index contributed by atoms with van der Waals surface area (Å²) in [6, 6.07) is 0. The molecule has 0 bridgehead atoms. The van der Waals surface area contributed by atoms with Crippen LogP contribution >= 0.6 is 0 Å². The van der Waals surface area contributed by atoms with Gasteiger partial charge in [-0.3, -0.25) is 0 Å². The molecule has 0 fully saturated rings. The van der Waals surface area contributed by atoms with Gasteiger partial charge in [-0.1, -0.05) is 0 Å². The Labute approximate surface area is 81.9 Å². The van der Waals surface area contributed by atoms with Gasteiger partial charge in [0, 0.05) is 19.4 Å². The first-order valence-corrected chi connectivity index (χ1v) is 2.12. The Morgan fingerprint density at radius 2 is 0.833 bits per heavy atom. The molecule has 0 aromatic rings. The Balaban J connectivity index is -0.0000000179. The average molecular weight is 233 g/mol. The summed E-state index contributed by atoms with van der Waals surface area (Å²) in [4.78, 5) is 24.8. The van der Waals surface area contributed by atoms with E-state index in [-0.39, 0.29) is 19.5 Å². The van der Waals surface area contributed by atoms with E-state index in [1.807, 2.05) is 0 Å². The van der Waals surface area contributed by atoms with Crippen LogP contribution in [0.5, 0.6) is 0 Å². The van der Waals surface area contributed by atoms with Gasteiger partial charge in [-0.05, 0) is 0 Å². The molecule has 0 aromatic carbocycles. The van der Waals surface area contributed by atoms with E-state index in [4.69, 9.17) is 29.7 Å². The zero-order chi connectivity index (χ0) is 10.1. The number of rotatable bonds is 0. The van der Waals surface area contributed by atoms with E-state index in [0.717, 1.165) is 0 Å². The third-order valence-corrected chi connectivity index (χ3v) is 0. The number of hydrogen-bond donors (Lipinski definition) is 1. The van der Waals surface area contributed by atoms with Crippen molar-refractivity contribution in [1.29, 1.82) is 0 Å². The third kappa shape index (κ3) is 567. The second kappa shape index (κ2) is 203. The van der Waals surface area contributed by atoms with Crippen molar-refractivity contribution in [3.63, 3.8) is 0 Å². The van der Waals surface area contributed by atoms with Crippen molar-refractivity contribution in [3.05, 3.63) is 0 Å². The van der Waals surface area contributed by atoms with E-state index in [1.54, 1.807) is 7.05 Å². The van der Waals surface area contributed by atoms with Crippen molar-refractivity contribution in [2.75, 3.05) is 7.05 Å². The first-order valence-electron chi connectivity index (χ1n) is 2.12. The molecule has 8 heteroatoms. The summed E-state index contributed by atoms with van der Waals surface area (Å²) >= 11 is 0. The maximum absolute atomic E-state index is 8.25. The monoisotopic (exact) mass is 231 g/mol. The Morgan fingerprint density at radius 3 is 0.833 bits per heavy atom. The fourth-order valence-electron chi connectivity index (χ4n) is 0. The number of quaternary nitrogens is 1. The molecule has 0 rings (SSSR count). The normalized spacial score (nSPS) is 3.50. The van der Waals surface area contributed by atoms with Gasteiger partial charge < -0.3 is 35.4 Å². The molecule has 0 aliphatic heterocycles. The first-order chi connectivity index (χ1) is 5.24. The second-order valence-corrected chi connectivity index (χ2v) is 0.289. The van der Waals surface area contributed by atoms with Crippen molar-refractivity contribution in [2.24, 2.45) is 0 Å². The van der Waals surface area contributed by atoms with Crippen molar-refractivity contribution in [1.82, 2.24) is 0 Å². The molecular formula is C4H9NO6Zn. The minimum atomic E-state index is -0.500. The van der Waals surface area contributed by atoms with Gasteiger partial charge in [-0.25, -0.2) is 0 Å². The van der Waals surface area contributed by atoms with Crippen LogP contribution in [-0.2, 0) is 33.9 Å². The fraction of sp³-hybridized carbons (Fsp3) is 0.250. The largest absolute Gasteiger partial charge is 2.00 e. The molecule has 3 N–H and O–H groups in total. The van der Waals surface area contributed by atoms with Crippen LogP contribution in [0.25, 0.3) is 0 Å². The van der Waals surface area contributed by atoms with E-state index in [0.29, 0.717) is 0 Å². The predicted octanol–water partition coefficient (Wildman–Crippen LogP) is -6.05. The number of carbonyl (C=O) groups is 3. The number of carboxylic acid groups (broad SMARTS) is 3. The van der Waals surface area contributed by atoms with Gasteiger partial charge in [0.1, 0.15) is 0 Å². The molecule has 0 aliphatic carbocycles. The van der Waals surface area contributed by atoms with E-state index in [2.05, 4.69) is 5.73 Å². The molecule has 0 radical (unpaired) electrons. The summed E-state index contributed by atoms with van der Waals surface area (Å²) in [7, 11) is 1.75. The Morgan fingerprint density at radius 1 is 0.833 bits per heavy atom. The minimum absolute atomic E-state index is 0. The van der Waals surface area contributed by atoms with Crippen LogP contribution in [0.3, 0.4) is 0 Å². The quantitative estimate of drug-likeness (QED) is 0.324. The molecule has 68 valence electrons. The van der Waals surface area contributed by atoms with Crippen LogP contribution in [0, 0.1) is 0 Å². The summed E-state index contributed by atoms with van der Waals surface area (Å²) < 4.78 is 0. The van der Waals surface area contributed by atoms with Crippen LogP contribution < -0.4 is 21.1 Å². The van der Waals surface area contributed by atoms with E-state index in [1.165, 1.54) is 0 Å². The van der Waals surface area contributed by atoms with Crippen molar-refractivity contribution >= 4 is 19.4 Å². The standard InChI is InChI=1S/CH5N.3CH2O2.Zn/c1-2;3*2-1-3;/h2H2,1H3;3*1H,(H,2,3);/q;;;;+2/p-2. The summed E-state index contributed by atoms with van der Waals surface area (Å²) in [5, 5.41) is 24.8. The fourth-order valence-corrected chi connectivity index (χ4v) is 0. The molecule has 0 unspecified atom stereocenters. The molecule has 0 amide bonds. The smallest absolute Gasteiger partial charge is 0.554 e. The Kier molecular flexibility index (Phi) is 518. The van der Waals surface area contributed by atoms with Crippen molar-refractivity contribution < 1.29 is 54.9 Å². The van der Waals surface area contributed by atoms with E-state index < -0.39 is 19.4 Å². The van der Waals surface area contributed by atoms with Gasteiger partial charge in [0.25, 0.3) is 0 Å². The zero-order valence-electron chi connectivity index (χ0n) is 6.60. The van der Waals surface area contributed by atoms with Crippen LogP contribution in [0.1, 0.15) is 0 Å². The molecule has 0 saturated carbocycles. The SMILES string of the molecule is C[NH3+].O=C[O-].O=C[O-].O=C[O-].[Zn+2]. The summed E-state index contributed by atoms with van der Waals surface area (Å²) in [5.41, 5.74) is 3.25. The third-order valence-electron chi connectivity index (χ3n) is 0. The molecule has 12 heavy (non-hydrogen) atoms. The molecule has 0 saturated heterocycles. The van der Waals surface area contributed by atoms with Crippen LogP contribution in [-0.4, -0.2) is 26.5 Å². The number of hydrogen-bond acceptors (Lipinski definition) is 6. The van der Waals surface area contributed by atoms with Crippen molar-refractivity contribution in [2.45, 2.75) is 0 Å². The van der Waals surface area contributed by atoms with Crippen LogP contribution in [0.4, 0.5) is 0 Å². The minimum Gasteiger partial charge on any atom is -0.554 e. The van der Waals surface area contributed by atoms with Crippen LogP contribution in [0.2, 0.25) is 0 Å². The predicted molar refractivity (Wildman–Crippen MR) is 27.0 cm³/mol. The van der Waals surface area contributed by atoms with Crippen LogP contribution in [0.15, 0.2) is 0 Å². The Hall–Kier alpha value is -1.01. The molecule has 0 aliphatic rings.